The van der Waals surface area contributed by atoms with Crippen LogP contribution in [-0.2, 0) is 35.3 Å². The standard InChI is InChI=1S/C17H20INO2.C17H21NO3/c18-7-3-1-2-6-15(20)13-9-12-5-4-8-19-16(21)11-14(10-13)17(12)19;19-8-3-1-2-6-15(20)13-9-12-5-4-7-18-16(21)11-14(10-13)17(12)18/h9-10H,1-8,11H2;9-10,19H,1-8,11H2. The predicted octanol–water partition coefficient (Wildman–Crippen LogP) is 5.96. The molecule has 2 aromatic carbocycles. The molecule has 0 atom stereocenters. The number of hydrogen-bond acceptors (Lipinski definition) is 5. The number of amides is 2. The molecule has 42 heavy (non-hydrogen) atoms. The fraction of sp³-hybridized carbons (Fsp3) is 0.529. The normalized spacial score (nSPS) is 16.2. The van der Waals surface area contributed by atoms with Crippen molar-refractivity contribution in [3.8, 4) is 0 Å². The van der Waals surface area contributed by atoms with Crippen molar-refractivity contribution in [3.63, 3.8) is 0 Å². The second-order valence-electron chi connectivity index (χ2n) is 11.8. The number of ketones is 2. The molecule has 224 valence electrons. The molecule has 0 aliphatic carbocycles. The molecule has 6 rings (SSSR count). The van der Waals surface area contributed by atoms with Crippen LogP contribution in [0.1, 0.15) is 107 Å². The molecular weight excluding hydrogens is 643 g/mol. The van der Waals surface area contributed by atoms with Crippen LogP contribution >= 0.6 is 22.6 Å². The second kappa shape index (κ2) is 14.3. The molecule has 2 amide bonds. The van der Waals surface area contributed by atoms with Gasteiger partial charge in [-0.25, -0.2) is 0 Å². The van der Waals surface area contributed by atoms with Crippen LogP contribution < -0.4 is 9.80 Å². The Balaban J connectivity index is 0.000000168. The Kier molecular flexibility index (Phi) is 10.5. The van der Waals surface area contributed by atoms with E-state index in [0.717, 1.165) is 114 Å². The molecule has 0 saturated heterocycles. The van der Waals surface area contributed by atoms with Crippen LogP contribution in [0.25, 0.3) is 0 Å². The first kappa shape index (κ1) is 30.9. The molecule has 0 radical (unpaired) electrons. The zero-order chi connectivity index (χ0) is 29.6. The van der Waals surface area contributed by atoms with E-state index >= 15 is 0 Å². The van der Waals surface area contributed by atoms with E-state index in [2.05, 4.69) is 22.6 Å². The van der Waals surface area contributed by atoms with Gasteiger partial charge in [-0.1, -0.05) is 35.4 Å². The van der Waals surface area contributed by atoms with E-state index in [9.17, 15) is 19.2 Å². The maximum atomic E-state index is 12.4. The first-order chi connectivity index (χ1) is 20.4. The van der Waals surface area contributed by atoms with Crippen LogP contribution in [0.4, 0.5) is 11.4 Å². The Bertz CT molecular complexity index is 1270. The highest BCUT2D eigenvalue weighted by molar-refractivity contribution is 14.1. The highest BCUT2D eigenvalue weighted by Gasteiger charge is 2.34. The number of unbranched alkanes of at least 4 members (excludes halogenated alkanes) is 4. The summed E-state index contributed by atoms with van der Waals surface area (Å²) >= 11 is 2.37. The lowest BCUT2D eigenvalue weighted by atomic mass is 9.94. The number of aryl methyl sites for hydroxylation is 2. The molecule has 0 bridgehead atoms. The lowest BCUT2D eigenvalue weighted by Crippen LogP contribution is -2.31. The van der Waals surface area contributed by atoms with Gasteiger partial charge in [-0.15, -0.1) is 0 Å². The van der Waals surface area contributed by atoms with Gasteiger partial charge in [0, 0.05) is 43.7 Å². The number of carbonyl (C=O) groups excluding carboxylic acids is 4. The zero-order valence-electron chi connectivity index (χ0n) is 24.4. The fourth-order valence-corrected chi connectivity index (χ4v) is 7.24. The van der Waals surface area contributed by atoms with Crippen LogP contribution in [0.5, 0.6) is 0 Å². The summed E-state index contributed by atoms with van der Waals surface area (Å²) in [6.07, 6.45) is 11.7. The van der Waals surface area contributed by atoms with Crippen molar-refractivity contribution >= 4 is 57.3 Å². The number of anilines is 2. The first-order valence-electron chi connectivity index (χ1n) is 15.6. The molecule has 4 aliphatic rings. The summed E-state index contributed by atoms with van der Waals surface area (Å²) < 4.78 is 1.16. The summed E-state index contributed by atoms with van der Waals surface area (Å²) in [5.74, 6) is 0.749. The Hall–Kier alpha value is -2.59. The molecule has 8 heteroatoms. The largest absolute Gasteiger partial charge is 0.396 e. The fourth-order valence-electron chi connectivity index (χ4n) is 6.70. The Labute approximate surface area is 262 Å². The molecule has 7 nitrogen and oxygen atoms in total. The maximum Gasteiger partial charge on any atom is 0.231 e. The van der Waals surface area contributed by atoms with Gasteiger partial charge in [-0.3, -0.25) is 19.2 Å². The van der Waals surface area contributed by atoms with Crippen molar-refractivity contribution < 1.29 is 24.3 Å². The molecule has 0 saturated carbocycles. The highest BCUT2D eigenvalue weighted by Crippen LogP contribution is 2.39. The minimum absolute atomic E-state index is 0.156. The van der Waals surface area contributed by atoms with Crippen molar-refractivity contribution in [2.24, 2.45) is 0 Å². The smallest absolute Gasteiger partial charge is 0.231 e. The van der Waals surface area contributed by atoms with Crippen LogP contribution in [-0.4, -0.2) is 52.6 Å². The summed E-state index contributed by atoms with van der Waals surface area (Å²) in [6, 6.07) is 7.89. The molecule has 2 aromatic rings. The minimum atomic E-state index is 0.156. The van der Waals surface area contributed by atoms with E-state index in [-0.39, 0.29) is 30.0 Å². The van der Waals surface area contributed by atoms with E-state index in [1.807, 2.05) is 34.1 Å². The molecule has 1 N–H and O–H groups in total. The summed E-state index contributed by atoms with van der Waals surface area (Å²) in [5.41, 5.74) is 8.18. The number of alkyl halides is 1. The van der Waals surface area contributed by atoms with E-state index in [4.69, 9.17) is 5.11 Å². The molecule has 4 aliphatic heterocycles. The number of Topliss-reactive ketones (excluding diaryl/α,β-unsaturated/α-hetero) is 2. The number of rotatable bonds is 12. The lowest BCUT2D eigenvalue weighted by Gasteiger charge is -2.25. The number of halogens is 1. The molecule has 0 spiro atoms. The topological polar surface area (TPSA) is 95.0 Å². The van der Waals surface area contributed by atoms with Gasteiger partial charge >= 0.3 is 0 Å². The number of hydrogen-bond donors (Lipinski definition) is 1. The second-order valence-corrected chi connectivity index (χ2v) is 12.9. The SMILES string of the molecule is O=C(CCCCCI)c1cc2c3c(c1)CC(=O)N3CCC2.O=C(CCCCCO)c1cc2c3c(c1)CC(=O)N3CCC2. The summed E-state index contributed by atoms with van der Waals surface area (Å²) in [5, 5.41) is 8.76. The third-order valence-corrected chi connectivity index (χ3v) is 9.52. The molecular formula is C34H41IN2O5. The monoisotopic (exact) mass is 684 g/mol. The Morgan fingerprint density at radius 3 is 1.57 bits per heavy atom. The zero-order valence-corrected chi connectivity index (χ0v) is 26.5. The van der Waals surface area contributed by atoms with Crippen LogP contribution in [0.3, 0.4) is 0 Å². The maximum absolute atomic E-state index is 12.4. The van der Waals surface area contributed by atoms with Gasteiger partial charge in [0.05, 0.1) is 24.2 Å². The number of carbonyl (C=O) groups is 4. The van der Waals surface area contributed by atoms with Gasteiger partial charge in [0.2, 0.25) is 11.8 Å². The van der Waals surface area contributed by atoms with Gasteiger partial charge in [0.1, 0.15) is 0 Å². The number of aliphatic hydroxyl groups is 1. The van der Waals surface area contributed by atoms with Crippen LogP contribution in [0.2, 0.25) is 0 Å². The van der Waals surface area contributed by atoms with Gasteiger partial charge in [0.25, 0.3) is 0 Å². The van der Waals surface area contributed by atoms with Crippen LogP contribution in [0, 0.1) is 0 Å². The summed E-state index contributed by atoms with van der Waals surface area (Å²) in [7, 11) is 0. The molecule has 0 aromatic heterocycles. The molecule has 0 fully saturated rings. The minimum Gasteiger partial charge on any atom is -0.396 e. The van der Waals surface area contributed by atoms with Crippen LogP contribution in [0.15, 0.2) is 24.3 Å². The van der Waals surface area contributed by atoms with Crippen molar-refractivity contribution in [2.75, 3.05) is 33.9 Å². The molecule has 4 heterocycles. The van der Waals surface area contributed by atoms with Gasteiger partial charge < -0.3 is 14.9 Å². The van der Waals surface area contributed by atoms with E-state index in [1.165, 1.54) is 12.0 Å². The van der Waals surface area contributed by atoms with E-state index < -0.39 is 0 Å². The average Bonchev–Trinajstić information content (AvgIpc) is 3.50. The number of nitrogens with zero attached hydrogens (tertiary/aromatic N) is 2. The number of benzene rings is 2. The highest BCUT2D eigenvalue weighted by atomic mass is 127. The quantitative estimate of drug-likeness (QED) is 0.129. The van der Waals surface area contributed by atoms with Gasteiger partial charge in [0.15, 0.2) is 11.6 Å². The Morgan fingerprint density at radius 1 is 0.667 bits per heavy atom. The summed E-state index contributed by atoms with van der Waals surface area (Å²) in [4.78, 5) is 52.4. The predicted molar refractivity (Wildman–Crippen MR) is 173 cm³/mol. The summed E-state index contributed by atoms with van der Waals surface area (Å²) in [6.45, 7) is 1.84. The van der Waals surface area contributed by atoms with Crippen molar-refractivity contribution in [2.45, 2.75) is 89.9 Å². The number of aliphatic hydroxyl groups excluding tert-OH is 1. The van der Waals surface area contributed by atoms with E-state index in [0.29, 0.717) is 25.7 Å². The van der Waals surface area contributed by atoms with Crippen molar-refractivity contribution in [1.82, 2.24) is 0 Å². The van der Waals surface area contributed by atoms with Crippen molar-refractivity contribution in [1.29, 1.82) is 0 Å². The average molecular weight is 685 g/mol. The molecule has 0 unspecified atom stereocenters. The van der Waals surface area contributed by atoms with Gasteiger partial charge in [-0.2, -0.15) is 0 Å². The Morgan fingerprint density at radius 2 is 1.12 bits per heavy atom. The third kappa shape index (κ3) is 6.80. The van der Waals surface area contributed by atoms with E-state index in [1.54, 1.807) is 0 Å². The van der Waals surface area contributed by atoms with Gasteiger partial charge in [-0.05, 0) is 102 Å². The van der Waals surface area contributed by atoms with Crippen molar-refractivity contribution in [3.05, 3.63) is 57.6 Å². The third-order valence-electron chi connectivity index (χ3n) is 8.76. The lowest BCUT2D eigenvalue weighted by molar-refractivity contribution is -0.118. The first-order valence-corrected chi connectivity index (χ1v) is 17.1.